The van der Waals surface area contributed by atoms with Gasteiger partial charge in [0.05, 0.1) is 13.1 Å². The van der Waals surface area contributed by atoms with Gasteiger partial charge in [-0.2, -0.15) is 0 Å². The molecule has 3 fully saturated rings. The molecule has 0 saturated carbocycles. The zero-order chi connectivity index (χ0) is 37.5. The summed E-state index contributed by atoms with van der Waals surface area (Å²) in [6.07, 6.45) is 5.42. The van der Waals surface area contributed by atoms with Crippen molar-refractivity contribution in [1.82, 2.24) is 35.6 Å². The van der Waals surface area contributed by atoms with Crippen LogP contribution >= 0.6 is 0 Å². The highest BCUT2D eigenvalue weighted by Gasteiger charge is 2.45. The fourth-order valence-electron chi connectivity index (χ4n) is 7.66. The first-order valence-corrected chi connectivity index (χ1v) is 18.2. The topological polar surface area (TPSA) is 233 Å². The van der Waals surface area contributed by atoms with Crippen molar-refractivity contribution in [2.75, 3.05) is 32.7 Å². The summed E-state index contributed by atoms with van der Waals surface area (Å²) < 4.78 is 0. The van der Waals surface area contributed by atoms with Crippen LogP contribution in [0.25, 0.3) is 10.9 Å². The number of fused-ring (bicyclic) bond motifs is 1. The van der Waals surface area contributed by atoms with Gasteiger partial charge in [-0.25, -0.2) is 0 Å². The normalized spacial score (nSPS) is 21.3. The minimum absolute atomic E-state index is 0.00396. The number of hydrogen-bond donors (Lipinski definition) is 6. The minimum atomic E-state index is -1.03. The lowest BCUT2D eigenvalue weighted by molar-refractivity contribution is -0.150. The molecule has 2 aromatic rings. The predicted octanol–water partition coefficient (Wildman–Crippen LogP) is -0.741. The lowest BCUT2D eigenvalue weighted by Gasteiger charge is -2.34. The number of nitrogens with zero attached hydrogens (tertiary/aromatic N) is 3. The molecule has 5 rings (SSSR count). The lowest BCUT2D eigenvalue weighted by Crippen LogP contribution is -2.57. The van der Waals surface area contributed by atoms with E-state index in [0.29, 0.717) is 58.2 Å². The highest BCUT2D eigenvalue weighted by Crippen LogP contribution is 2.28. The smallest absolute Gasteiger partial charge is 0.246 e. The van der Waals surface area contributed by atoms with Gasteiger partial charge in [-0.15, -0.1) is 0 Å². The van der Waals surface area contributed by atoms with Gasteiger partial charge >= 0.3 is 0 Å². The summed E-state index contributed by atoms with van der Waals surface area (Å²) in [5, 5.41) is 8.90. The number of aromatic amines is 1. The Morgan fingerprint density at radius 3 is 2.06 bits per heavy atom. The van der Waals surface area contributed by atoms with E-state index in [1.54, 1.807) is 11.1 Å². The van der Waals surface area contributed by atoms with Crippen LogP contribution in [0.5, 0.6) is 0 Å². The number of amides is 7. The fourth-order valence-corrected chi connectivity index (χ4v) is 7.66. The Kier molecular flexibility index (Phi) is 12.5. The number of hydrogen-bond acceptors (Lipinski definition) is 8. The predicted molar refractivity (Wildman–Crippen MR) is 191 cm³/mol. The van der Waals surface area contributed by atoms with Crippen LogP contribution in [0.3, 0.4) is 0 Å². The third-order valence-electron chi connectivity index (χ3n) is 10.2. The van der Waals surface area contributed by atoms with Gasteiger partial charge in [0.1, 0.15) is 30.2 Å². The molecule has 5 atom stereocenters. The molecule has 1 aromatic carbocycles. The van der Waals surface area contributed by atoms with Crippen LogP contribution in [0.4, 0.5) is 0 Å². The maximum atomic E-state index is 13.8. The van der Waals surface area contributed by atoms with E-state index < -0.39 is 60.4 Å². The Labute approximate surface area is 302 Å². The van der Waals surface area contributed by atoms with E-state index >= 15 is 0 Å². The van der Waals surface area contributed by atoms with Crippen molar-refractivity contribution in [3.05, 3.63) is 36.0 Å². The highest BCUT2D eigenvalue weighted by atomic mass is 16.2. The third-order valence-corrected chi connectivity index (χ3v) is 10.2. The summed E-state index contributed by atoms with van der Waals surface area (Å²) >= 11 is 0. The second-order valence-corrected chi connectivity index (χ2v) is 14.3. The monoisotopic (exact) mass is 721 g/mol. The van der Waals surface area contributed by atoms with Crippen LogP contribution in [-0.2, 0) is 40.0 Å². The first-order chi connectivity index (χ1) is 24.9. The number of H-pyrrole nitrogens is 1. The number of carbonyl (C=O) groups excluding carboxylic acids is 7. The standard InChI is InChI=1S/C36H51N9O7/c1-21(2)16-26(33(49)42-25(32(38)48)17-22-19-39-24-9-4-3-8-23(22)24)41-30(46)20-40-34(50)27-10-5-14-44(27)36(52)29-12-7-15-45(29)35(51)28-11-6-13-43(28)31(47)18-37/h3-4,8-9,19,21,25-29,39H,5-7,10-18,20,37H2,1-2H3,(H2,38,48)(H,40,50)(H,41,46)(H,42,49)/t25-,26-,27-,28-,29-/m0/s1. The van der Waals surface area contributed by atoms with Crippen molar-refractivity contribution in [2.24, 2.45) is 17.4 Å². The Morgan fingerprint density at radius 1 is 0.827 bits per heavy atom. The molecule has 1 aromatic heterocycles. The molecule has 16 heteroatoms. The second-order valence-electron chi connectivity index (χ2n) is 14.3. The van der Waals surface area contributed by atoms with Crippen molar-refractivity contribution in [1.29, 1.82) is 0 Å². The summed E-state index contributed by atoms with van der Waals surface area (Å²) in [6.45, 7) is 4.31. The molecule has 52 heavy (non-hydrogen) atoms. The van der Waals surface area contributed by atoms with Gasteiger partial charge in [-0.1, -0.05) is 32.0 Å². The molecule has 8 N–H and O–H groups in total. The number of nitrogens with two attached hydrogens (primary N) is 2. The van der Waals surface area contributed by atoms with Crippen LogP contribution < -0.4 is 27.4 Å². The van der Waals surface area contributed by atoms with Gasteiger partial charge in [-0.3, -0.25) is 33.6 Å². The molecule has 4 heterocycles. The van der Waals surface area contributed by atoms with Gasteiger partial charge in [0.2, 0.25) is 41.4 Å². The molecular formula is C36H51N9O7. The summed E-state index contributed by atoms with van der Waals surface area (Å²) in [5.41, 5.74) is 12.9. The number of primary amides is 1. The lowest BCUT2D eigenvalue weighted by atomic mass is 10.0. The van der Waals surface area contributed by atoms with Gasteiger partial charge in [0.15, 0.2) is 0 Å². The van der Waals surface area contributed by atoms with Crippen molar-refractivity contribution in [3.63, 3.8) is 0 Å². The maximum Gasteiger partial charge on any atom is 0.246 e. The molecular weight excluding hydrogens is 670 g/mol. The summed E-state index contributed by atoms with van der Waals surface area (Å²) in [4.78, 5) is 99.6. The Bertz CT molecular complexity index is 1680. The van der Waals surface area contributed by atoms with E-state index in [9.17, 15) is 33.6 Å². The Morgan fingerprint density at radius 2 is 1.42 bits per heavy atom. The van der Waals surface area contributed by atoms with E-state index in [0.717, 1.165) is 16.5 Å². The number of aromatic nitrogens is 1. The number of para-hydroxylation sites is 1. The Hall–Kier alpha value is -4.99. The largest absolute Gasteiger partial charge is 0.368 e. The number of nitrogens with one attached hydrogen (secondary N) is 4. The minimum Gasteiger partial charge on any atom is -0.368 e. The molecule has 0 spiro atoms. The van der Waals surface area contributed by atoms with E-state index in [1.165, 1.54) is 9.80 Å². The molecule has 3 aliphatic rings. The number of rotatable bonds is 14. The molecule has 0 unspecified atom stereocenters. The molecule has 0 radical (unpaired) electrons. The number of likely N-dealkylation sites (tertiary alicyclic amines) is 3. The zero-order valence-corrected chi connectivity index (χ0v) is 29.9. The van der Waals surface area contributed by atoms with Crippen molar-refractivity contribution in [2.45, 2.75) is 95.4 Å². The van der Waals surface area contributed by atoms with Crippen molar-refractivity contribution >= 4 is 52.3 Å². The average Bonchev–Trinajstić information content (AvgIpc) is 3.95. The van der Waals surface area contributed by atoms with E-state index in [1.807, 2.05) is 38.1 Å². The van der Waals surface area contributed by atoms with Gasteiger partial charge in [-0.05, 0) is 62.5 Å². The molecule has 16 nitrogen and oxygen atoms in total. The fraction of sp³-hybridized carbons (Fsp3) is 0.583. The molecule has 7 amide bonds. The van der Waals surface area contributed by atoms with E-state index in [-0.39, 0.29) is 43.0 Å². The third kappa shape index (κ3) is 8.72. The van der Waals surface area contributed by atoms with Gasteiger partial charge < -0.3 is 47.1 Å². The summed E-state index contributed by atoms with van der Waals surface area (Å²) in [6, 6.07) is 3.32. The second kappa shape index (κ2) is 17.0. The molecule has 3 aliphatic heterocycles. The van der Waals surface area contributed by atoms with Crippen LogP contribution in [0, 0.1) is 5.92 Å². The molecule has 0 bridgehead atoms. The summed E-state index contributed by atoms with van der Waals surface area (Å²) in [7, 11) is 0. The Balaban J connectivity index is 1.16. The van der Waals surface area contributed by atoms with Crippen LogP contribution in [0.15, 0.2) is 30.5 Å². The van der Waals surface area contributed by atoms with E-state index in [2.05, 4.69) is 20.9 Å². The van der Waals surface area contributed by atoms with Crippen molar-refractivity contribution < 1.29 is 33.6 Å². The van der Waals surface area contributed by atoms with Crippen LogP contribution in [0.2, 0.25) is 0 Å². The van der Waals surface area contributed by atoms with Gasteiger partial charge in [0.25, 0.3) is 0 Å². The van der Waals surface area contributed by atoms with Gasteiger partial charge in [0, 0.05) is 43.2 Å². The molecule has 282 valence electrons. The first kappa shape index (κ1) is 38.2. The van der Waals surface area contributed by atoms with E-state index in [4.69, 9.17) is 11.5 Å². The maximum absolute atomic E-state index is 13.8. The molecule has 0 aliphatic carbocycles. The first-order valence-electron chi connectivity index (χ1n) is 18.2. The molecule has 3 saturated heterocycles. The van der Waals surface area contributed by atoms with Crippen LogP contribution in [0.1, 0.15) is 64.4 Å². The van der Waals surface area contributed by atoms with Crippen LogP contribution in [-0.4, -0.2) is 124 Å². The van der Waals surface area contributed by atoms with Crippen molar-refractivity contribution in [3.8, 4) is 0 Å². The number of carbonyl (C=O) groups is 7. The quantitative estimate of drug-likeness (QED) is 0.145. The average molecular weight is 722 g/mol. The summed E-state index contributed by atoms with van der Waals surface area (Å²) in [5.74, 6) is -3.31. The number of benzene rings is 1. The SMILES string of the molecule is CC(C)C[C@H](NC(=O)CNC(=O)[C@@H]1CCCN1C(=O)[C@@H]1CCCN1C(=O)[C@@H]1CCCN1C(=O)CN)C(=O)N[C@@H](Cc1c[nH]c2ccccc12)C(N)=O. The zero-order valence-electron chi connectivity index (χ0n) is 29.9. The highest BCUT2D eigenvalue weighted by molar-refractivity contribution is 5.97.